The third-order valence-electron chi connectivity index (χ3n) is 6.82. The van der Waals surface area contributed by atoms with Crippen LogP contribution in [0.4, 0.5) is 11.4 Å². The first-order chi connectivity index (χ1) is 19.2. The monoisotopic (exact) mass is 699 g/mol. The number of phenols is 1. The van der Waals surface area contributed by atoms with Crippen LogP contribution in [0.5, 0.6) is 5.75 Å². The maximum Gasteiger partial charge on any atom is 0.308 e. The van der Waals surface area contributed by atoms with Gasteiger partial charge in [0.1, 0.15) is 17.5 Å². The molecule has 0 bridgehead atoms. The second-order valence-corrected chi connectivity index (χ2v) is 13.3. The third kappa shape index (κ3) is 4.83. The Bertz CT molecular complexity index is 1700. The first kappa shape index (κ1) is 27.0. The fourth-order valence-corrected chi connectivity index (χ4v) is 8.32. The number of hydrogen-bond donors (Lipinski definition) is 2. The molecule has 0 radical (unpaired) electrons. The van der Waals surface area contributed by atoms with E-state index < -0.39 is 23.0 Å². The van der Waals surface area contributed by atoms with Crippen molar-refractivity contribution in [3.05, 3.63) is 102 Å². The molecule has 12 heteroatoms. The van der Waals surface area contributed by atoms with Gasteiger partial charge in [-0.25, -0.2) is 4.90 Å². The summed E-state index contributed by atoms with van der Waals surface area (Å²) in [6, 6.07) is 20.5. The van der Waals surface area contributed by atoms with E-state index in [1.54, 1.807) is 36.4 Å². The third-order valence-corrected chi connectivity index (χ3v) is 10.5. The number of aromatic nitrogens is 1. The Hall–Kier alpha value is -3.19. The van der Waals surface area contributed by atoms with Crippen molar-refractivity contribution in [3.8, 4) is 5.75 Å². The summed E-state index contributed by atoms with van der Waals surface area (Å²) < 4.78 is 3.06. The van der Waals surface area contributed by atoms with Crippen LogP contribution in [0.2, 0.25) is 0 Å². The Morgan fingerprint density at radius 2 is 1.50 bits per heavy atom. The predicted octanol–water partition coefficient (Wildman–Crippen LogP) is 5.57. The molecular formula is C28H19Br2N3O5S2. The number of halogens is 2. The van der Waals surface area contributed by atoms with E-state index in [-0.39, 0.29) is 29.0 Å². The van der Waals surface area contributed by atoms with E-state index in [2.05, 4.69) is 37.2 Å². The molecule has 1 aromatic heterocycles. The first-order valence-corrected chi connectivity index (χ1v) is 15.4. The number of thiazole rings is 1. The van der Waals surface area contributed by atoms with Crippen LogP contribution in [-0.4, -0.2) is 32.6 Å². The minimum atomic E-state index is -0.766. The number of fused-ring (bicyclic) bond motifs is 2. The second-order valence-electron chi connectivity index (χ2n) is 9.30. The number of hydrogen-bond acceptors (Lipinski definition) is 7. The van der Waals surface area contributed by atoms with Crippen molar-refractivity contribution in [1.82, 2.24) is 4.57 Å². The summed E-state index contributed by atoms with van der Waals surface area (Å²) in [5, 5.41) is 12.0. The van der Waals surface area contributed by atoms with Gasteiger partial charge in [-0.3, -0.25) is 23.7 Å². The van der Waals surface area contributed by atoms with E-state index in [0.29, 0.717) is 21.3 Å². The lowest BCUT2D eigenvalue weighted by Crippen LogP contribution is -2.33. The van der Waals surface area contributed by atoms with Crippen LogP contribution in [0.15, 0.2) is 91.6 Å². The van der Waals surface area contributed by atoms with Gasteiger partial charge in [0.15, 0.2) is 0 Å². The van der Waals surface area contributed by atoms with Crippen molar-refractivity contribution >= 4 is 84.1 Å². The molecular weight excluding hydrogens is 682 g/mol. The average molecular weight is 701 g/mol. The van der Waals surface area contributed by atoms with Crippen molar-refractivity contribution in [2.24, 2.45) is 5.92 Å². The number of nitrogens with one attached hydrogen (secondary N) is 1. The number of carbonyl (C=O) groups is 3. The predicted molar refractivity (Wildman–Crippen MR) is 161 cm³/mol. The van der Waals surface area contributed by atoms with Crippen LogP contribution in [0, 0.1) is 5.92 Å². The van der Waals surface area contributed by atoms with Crippen molar-refractivity contribution in [2.45, 2.75) is 22.7 Å². The van der Waals surface area contributed by atoms with Gasteiger partial charge in [0, 0.05) is 25.4 Å². The summed E-state index contributed by atoms with van der Waals surface area (Å²) in [4.78, 5) is 55.4. The molecule has 0 unspecified atom stereocenters. The van der Waals surface area contributed by atoms with Crippen LogP contribution >= 0.6 is 55.0 Å². The lowest BCUT2D eigenvalue weighted by molar-refractivity contribution is -0.122. The molecule has 1 saturated heterocycles. The largest absolute Gasteiger partial charge is 0.508 e. The average Bonchev–Trinajstić information content (AvgIpc) is 3.37. The number of carbonyl (C=O) groups excluding carboxylic acids is 3. The Balaban J connectivity index is 1.40. The number of aromatic hydroxyl groups is 1. The number of nitrogens with zero attached hydrogens (tertiary/aromatic N) is 2. The highest BCUT2D eigenvalue weighted by molar-refractivity contribution is 9.10. The first-order valence-electron chi connectivity index (χ1n) is 12.1. The van der Waals surface area contributed by atoms with Crippen molar-refractivity contribution in [2.75, 3.05) is 10.2 Å². The molecule has 40 heavy (non-hydrogen) atoms. The van der Waals surface area contributed by atoms with Crippen LogP contribution in [0.1, 0.15) is 16.4 Å². The molecule has 0 aliphatic carbocycles. The van der Waals surface area contributed by atoms with Gasteiger partial charge in [-0.1, -0.05) is 67.1 Å². The number of anilines is 2. The number of benzene rings is 3. The molecule has 1 fully saturated rings. The van der Waals surface area contributed by atoms with Gasteiger partial charge in [-0.05, 0) is 66.2 Å². The minimum absolute atomic E-state index is 0.0685. The molecule has 3 aromatic carbocycles. The van der Waals surface area contributed by atoms with Crippen molar-refractivity contribution < 1.29 is 19.5 Å². The Kier molecular flexibility index (Phi) is 7.19. The molecule has 3 amide bonds. The van der Waals surface area contributed by atoms with Crippen molar-refractivity contribution in [1.29, 1.82) is 0 Å². The summed E-state index contributed by atoms with van der Waals surface area (Å²) in [6.45, 7) is -0.262. The SMILES string of the molecule is O=C(Cn1c2c(sc1=O)[C@@H](c1ccc(Br)cc1)[C@@H]1C(=O)N(c3ccc(Br)cc3)C(=O)[C@@H]1S2)Nc1ccc(O)cc1. The fraction of sp³-hybridized carbons (Fsp3) is 0.143. The Labute approximate surface area is 253 Å². The molecule has 4 aromatic rings. The highest BCUT2D eigenvalue weighted by atomic mass is 79.9. The number of rotatable bonds is 5. The number of phenolic OH excluding ortho intramolecular Hbond substituents is 1. The maximum atomic E-state index is 13.9. The molecule has 3 atom stereocenters. The highest BCUT2D eigenvalue weighted by Crippen LogP contribution is 2.54. The molecule has 0 saturated carbocycles. The van der Waals surface area contributed by atoms with E-state index in [1.165, 1.54) is 33.4 Å². The van der Waals surface area contributed by atoms with E-state index in [0.717, 1.165) is 25.8 Å². The molecule has 3 heterocycles. The number of thioether (sulfide) groups is 1. The summed E-state index contributed by atoms with van der Waals surface area (Å²) in [5.74, 6) is -2.28. The lowest BCUT2D eigenvalue weighted by atomic mass is 9.83. The zero-order valence-electron chi connectivity index (χ0n) is 20.4. The van der Waals surface area contributed by atoms with Gasteiger partial charge in [-0.15, -0.1) is 0 Å². The van der Waals surface area contributed by atoms with Crippen LogP contribution in [-0.2, 0) is 20.9 Å². The molecule has 2 aliphatic heterocycles. The zero-order valence-corrected chi connectivity index (χ0v) is 25.2. The van der Waals surface area contributed by atoms with Crippen LogP contribution in [0.3, 0.4) is 0 Å². The quantitative estimate of drug-likeness (QED) is 0.208. The van der Waals surface area contributed by atoms with Gasteiger partial charge in [0.25, 0.3) is 0 Å². The van der Waals surface area contributed by atoms with Gasteiger partial charge in [0.05, 0.1) is 16.6 Å². The highest BCUT2D eigenvalue weighted by Gasteiger charge is 2.56. The van der Waals surface area contributed by atoms with Gasteiger partial charge in [0.2, 0.25) is 17.7 Å². The van der Waals surface area contributed by atoms with E-state index in [9.17, 15) is 24.3 Å². The standard InChI is InChI=1S/C28H19Br2N3O5S2/c29-15-3-1-14(2-4-15)21-22-23(26(37)33(25(22)36)18-9-5-16(30)6-10-18)39-27-24(21)40-28(38)32(27)13-20(35)31-17-7-11-19(34)12-8-17/h1-12,21-23,34H,13H2,(H,31,35)/t21-,22-,23+/m0/s1. The minimum Gasteiger partial charge on any atom is -0.508 e. The zero-order chi connectivity index (χ0) is 28.1. The second kappa shape index (κ2) is 10.7. The number of amides is 3. The summed E-state index contributed by atoms with van der Waals surface area (Å²) >= 11 is 9.01. The summed E-state index contributed by atoms with van der Waals surface area (Å²) in [7, 11) is 0. The molecule has 202 valence electrons. The topological polar surface area (TPSA) is 109 Å². The Morgan fingerprint density at radius 3 is 2.15 bits per heavy atom. The normalized spacial score (nSPS) is 19.9. The van der Waals surface area contributed by atoms with E-state index in [4.69, 9.17) is 0 Å². The lowest BCUT2D eigenvalue weighted by Gasteiger charge is -2.30. The molecule has 2 aliphatic rings. The smallest absolute Gasteiger partial charge is 0.308 e. The van der Waals surface area contributed by atoms with Crippen LogP contribution < -0.4 is 15.1 Å². The molecule has 0 spiro atoms. The summed E-state index contributed by atoms with van der Waals surface area (Å²) in [6.07, 6.45) is 0. The van der Waals surface area contributed by atoms with Gasteiger partial charge < -0.3 is 10.4 Å². The van der Waals surface area contributed by atoms with E-state index >= 15 is 0 Å². The number of imide groups is 1. The fourth-order valence-electron chi connectivity index (χ4n) is 5.02. The Morgan fingerprint density at radius 1 is 0.875 bits per heavy atom. The maximum absolute atomic E-state index is 13.9. The van der Waals surface area contributed by atoms with Crippen molar-refractivity contribution in [3.63, 3.8) is 0 Å². The molecule has 2 N–H and O–H groups in total. The van der Waals surface area contributed by atoms with Gasteiger partial charge >= 0.3 is 4.87 Å². The summed E-state index contributed by atoms with van der Waals surface area (Å²) in [5.41, 5.74) is 1.76. The molecule has 8 nitrogen and oxygen atoms in total. The van der Waals surface area contributed by atoms with Crippen LogP contribution in [0.25, 0.3) is 0 Å². The van der Waals surface area contributed by atoms with E-state index in [1.807, 2.05) is 24.3 Å². The molecule has 6 rings (SSSR count). The van der Waals surface area contributed by atoms with Gasteiger partial charge in [-0.2, -0.15) is 0 Å².